The van der Waals surface area contributed by atoms with Gasteiger partial charge in [0.25, 0.3) is 0 Å². The van der Waals surface area contributed by atoms with Gasteiger partial charge in [0.2, 0.25) is 0 Å². The zero-order chi connectivity index (χ0) is 11.1. The highest BCUT2D eigenvalue weighted by Gasteiger charge is 2.09. The van der Waals surface area contributed by atoms with Crippen LogP contribution in [-0.2, 0) is 4.74 Å². The number of hydrogen-bond donors (Lipinski definition) is 1. The summed E-state index contributed by atoms with van der Waals surface area (Å²) in [5, 5.41) is 3.16. The van der Waals surface area contributed by atoms with Crippen molar-refractivity contribution in [3.8, 4) is 0 Å². The average Bonchev–Trinajstić information content (AvgIpc) is 2.24. The fourth-order valence-electron chi connectivity index (χ4n) is 1.55. The molecule has 1 atom stereocenters. The summed E-state index contributed by atoms with van der Waals surface area (Å²) in [7, 11) is 1.88. The summed E-state index contributed by atoms with van der Waals surface area (Å²) in [6.45, 7) is 3.38. The smallest absolute Gasteiger partial charge is 0.123 e. The highest BCUT2D eigenvalue weighted by atomic mass is 19.1. The van der Waals surface area contributed by atoms with Crippen LogP contribution in [0.3, 0.4) is 0 Å². The second-order valence-corrected chi connectivity index (χ2v) is 3.38. The summed E-state index contributed by atoms with van der Waals surface area (Å²) in [5.41, 5.74) is 0.970. The Balaban J connectivity index is 2.57. The maximum Gasteiger partial charge on any atom is 0.123 e. The van der Waals surface area contributed by atoms with Gasteiger partial charge in [-0.25, -0.2) is 4.39 Å². The van der Waals surface area contributed by atoms with E-state index >= 15 is 0 Å². The van der Waals surface area contributed by atoms with Gasteiger partial charge >= 0.3 is 0 Å². The molecule has 0 aliphatic rings. The molecule has 0 spiro atoms. The zero-order valence-corrected chi connectivity index (χ0v) is 9.29. The van der Waals surface area contributed by atoms with E-state index in [0.717, 1.165) is 18.6 Å². The van der Waals surface area contributed by atoms with Gasteiger partial charge in [0, 0.05) is 19.3 Å². The quantitative estimate of drug-likeness (QED) is 0.730. The lowest BCUT2D eigenvalue weighted by molar-refractivity contribution is 0.137. The van der Waals surface area contributed by atoms with E-state index in [4.69, 9.17) is 4.74 Å². The van der Waals surface area contributed by atoms with Crippen LogP contribution in [0.25, 0.3) is 0 Å². The third-order valence-corrected chi connectivity index (χ3v) is 2.35. The molecule has 1 N–H and O–H groups in total. The Morgan fingerprint density at radius 1 is 1.47 bits per heavy atom. The zero-order valence-electron chi connectivity index (χ0n) is 9.29. The van der Waals surface area contributed by atoms with E-state index in [0.29, 0.717) is 6.61 Å². The van der Waals surface area contributed by atoms with E-state index in [2.05, 4.69) is 5.32 Å². The molecule has 0 aromatic heterocycles. The molecule has 1 rings (SSSR count). The normalized spacial score (nSPS) is 12.7. The number of rotatable bonds is 6. The van der Waals surface area contributed by atoms with Crippen molar-refractivity contribution >= 4 is 0 Å². The molecule has 0 heterocycles. The minimum Gasteiger partial charge on any atom is -0.382 e. The van der Waals surface area contributed by atoms with E-state index in [9.17, 15) is 4.39 Å². The summed E-state index contributed by atoms with van der Waals surface area (Å²) in [6, 6.07) is 6.84. The number of ether oxygens (including phenoxy) is 1. The largest absolute Gasteiger partial charge is 0.382 e. The summed E-state index contributed by atoms with van der Waals surface area (Å²) < 4.78 is 18.3. The molecule has 1 aromatic rings. The van der Waals surface area contributed by atoms with E-state index in [1.165, 1.54) is 6.07 Å². The first kappa shape index (κ1) is 12.1. The van der Waals surface area contributed by atoms with Gasteiger partial charge in [-0.2, -0.15) is 0 Å². The Bertz CT molecular complexity index is 291. The molecule has 84 valence electrons. The Morgan fingerprint density at radius 3 is 2.87 bits per heavy atom. The Labute approximate surface area is 90.4 Å². The first-order valence-corrected chi connectivity index (χ1v) is 5.28. The first-order chi connectivity index (χ1) is 7.27. The van der Waals surface area contributed by atoms with E-state index in [-0.39, 0.29) is 11.9 Å². The van der Waals surface area contributed by atoms with Gasteiger partial charge in [0.05, 0.1) is 0 Å². The summed E-state index contributed by atoms with van der Waals surface area (Å²) in [5.74, 6) is -0.191. The molecular formula is C12H18FNO. The van der Waals surface area contributed by atoms with Crippen molar-refractivity contribution < 1.29 is 9.13 Å². The molecule has 1 aromatic carbocycles. The van der Waals surface area contributed by atoms with Crippen LogP contribution < -0.4 is 5.32 Å². The highest BCUT2D eigenvalue weighted by Crippen LogP contribution is 2.17. The third-order valence-electron chi connectivity index (χ3n) is 2.35. The van der Waals surface area contributed by atoms with E-state index in [1.54, 1.807) is 12.1 Å². The van der Waals surface area contributed by atoms with Crippen LogP contribution in [0, 0.1) is 5.82 Å². The van der Waals surface area contributed by atoms with Crippen LogP contribution in [0.4, 0.5) is 4.39 Å². The summed E-state index contributed by atoms with van der Waals surface area (Å²) >= 11 is 0. The van der Waals surface area contributed by atoms with Gasteiger partial charge in [-0.1, -0.05) is 12.1 Å². The molecule has 0 fully saturated rings. The van der Waals surface area contributed by atoms with E-state index < -0.39 is 0 Å². The lowest BCUT2D eigenvalue weighted by atomic mass is 10.0. The fourth-order valence-corrected chi connectivity index (χ4v) is 1.55. The van der Waals surface area contributed by atoms with Crippen LogP contribution >= 0.6 is 0 Å². The Kier molecular flexibility index (Phi) is 5.29. The first-order valence-electron chi connectivity index (χ1n) is 5.28. The lowest BCUT2D eigenvalue weighted by Crippen LogP contribution is -2.18. The minimum absolute atomic E-state index is 0.159. The second kappa shape index (κ2) is 6.53. The summed E-state index contributed by atoms with van der Waals surface area (Å²) in [6.07, 6.45) is 0.855. The molecule has 2 nitrogen and oxygen atoms in total. The van der Waals surface area contributed by atoms with Crippen molar-refractivity contribution in [1.29, 1.82) is 0 Å². The Hall–Kier alpha value is -0.930. The minimum atomic E-state index is -0.191. The SMILES string of the molecule is CCOCCC(NC)c1cccc(F)c1. The topological polar surface area (TPSA) is 21.3 Å². The van der Waals surface area contributed by atoms with Crippen LogP contribution in [-0.4, -0.2) is 20.3 Å². The van der Waals surface area contributed by atoms with E-state index in [1.807, 2.05) is 20.0 Å². The van der Waals surface area contributed by atoms with Crippen LogP contribution in [0.2, 0.25) is 0 Å². The van der Waals surface area contributed by atoms with Crippen LogP contribution in [0.1, 0.15) is 24.9 Å². The van der Waals surface area contributed by atoms with Crippen molar-refractivity contribution in [3.63, 3.8) is 0 Å². The molecule has 3 heteroatoms. The Morgan fingerprint density at radius 2 is 2.27 bits per heavy atom. The van der Waals surface area contributed by atoms with Crippen molar-refractivity contribution in [1.82, 2.24) is 5.32 Å². The van der Waals surface area contributed by atoms with Gasteiger partial charge < -0.3 is 10.1 Å². The van der Waals surface area contributed by atoms with Gasteiger partial charge in [0.15, 0.2) is 0 Å². The third kappa shape index (κ3) is 3.98. The molecule has 0 amide bonds. The number of halogens is 1. The molecule has 0 saturated heterocycles. The second-order valence-electron chi connectivity index (χ2n) is 3.38. The molecule has 1 unspecified atom stereocenters. The van der Waals surface area contributed by atoms with Crippen molar-refractivity contribution in [2.75, 3.05) is 20.3 Å². The number of hydrogen-bond acceptors (Lipinski definition) is 2. The van der Waals surface area contributed by atoms with Gasteiger partial charge in [-0.05, 0) is 38.1 Å². The van der Waals surface area contributed by atoms with Gasteiger partial charge in [-0.15, -0.1) is 0 Å². The number of nitrogens with one attached hydrogen (secondary N) is 1. The maximum atomic E-state index is 13.0. The predicted molar refractivity (Wildman–Crippen MR) is 59.3 cm³/mol. The predicted octanol–water partition coefficient (Wildman–Crippen LogP) is 2.51. The monoisotopic (exact) mass is 211 g/mol. The maximum absolute atomic E-state index is 13.0. The van der Waals surface area contributed by atoms with Gasteiger partial charge in [0.1, 0.15) is 5.82 Å². The molecule has 15 heavy (non-hydrogen) atoms. The molecule has 0 aliphatic carbocycles. The van der Waals surface area contributed by atoms with Crippen LogP contribution in [0.15, 0.2) is 24.3 Å². The molecular weight excluding hydrogens is 193 g/mol. The molecule has 0 bridgehead atoms. The van der Waals surface area contributed by atoms with Crippen molar-refractivity contribution in [2.24, 2.45) is 0 Å². The number of benzene rings is 1. The molecule has 0 radical (unpaired) electrons. The van der Waals surface area contributed by atoms with Gasteiger partial charge in [-0.3, -0.25) is 0 Å². The van der Waals surface area contributed by atoms with Crippen molar-refractivity contribution in [3.05, 3.63) is 35.6 Å². The van der Waals surface area contributed by atoms with Crippen molar-refractivity contribution in [2.45, 2.75) is 19.4 Å². The summed E-state index contributed by atoms with van der Waals surface area (Å²) in [4.78, 5) is 0. The molecule has 0 saturated carbocycles. The highest BCUT2D eigenvalue weighted by molar-refractivity contribution is 5.19. The fraction of sp³-hybridized carbons (Fsp3) is 0.500. The lowest BCUT2D eigenvalue weighted by Gasteiger charge is -2.16. The molecule has 0 aliphatic heterocycles. The average molecular weight is 211 g/mol. The standard InChI is InChI=1S/C12H18FNO/c1-3-15-8-7-12(14-2)10-5-4-6-11(13)9-10/h4-6,9,12,14H,3,7-8H2,1-2H3. The van der Waals surface area contributed by atoms with Crippen LogP contribution in [0.5, 0.6) is 0 Å².